The molecule has 0 radical (unpaired) electrons. The monoisotopic (exact) mass is 418 g/mol. The van der Waals surface area contributed by atoms with Gasteiger partial charge in [0.15, 0.2) is 14.1 Å². The molecule has 2 heterocycles. The molecule has 21 heavy (non-hydrogen) atoms. The summed E-state index contributed by atoms with van der Waals surface area (Å²) in [7, 11) is -1.83. The lowest BCUT2D eigenvalue weighted by Gasteiger charge is -2.44. The van der Waals surface area contributed by atoms with Crippen molar-refractivity contribution in [1.29, 1.82) is 0 Å². The summed E-state index contributed by atoms with van der Waals surface area (Å²) in [5, 5.41) is 0.939. The van der Waals surface area contributed by atoms with Gasteiger partial charge in [-0.1, -0.05) is 41.5 Å². The van der Waals surface area contributed by atoms with Crippen LogP contribution >= 0.6 is 22.6 Å². The minimum absolute atomic E-state index is 0.230. The van der Waals surface area contributed by atoms with Crippen LogP contribution in [0.1, 0.15) is 41.5 Å². The summed E-state index contributed by atoms with van der Waals surface area (Å²) >= 11 is 2.08. The lowest BCUT2D eigenvalue weighted by Crippen LogP contribution is -2.51. The molecule has 2 aromatic heterocycles. The fraction of sp³-hybridized carbons (Fsp3) is 0.562. The molecular weight excluding hydrogens is 394 g/mol. The highest BCUT2D eigenvalue weighted by molar-refractivity contribution is 14.1. The number of rotatable bonds is 4. The summed E-state index contributed by atoms with van der Waals surface area (Å²) in [5.74, 6) is -0.230. The zero-order valence-electron chi connectivity index (χ0n) is 13.6. The fourth-order valence-electron chi connectivity index (χ4n) is 4.18. The van der Waals surface area contributed by atoms with E-state index in [4.69, 9.17) is 0 Å². The van der Waals surface area contributed by atoms with Gasteiger partial charge in [0.1, 0.15) is 5.65 Å². The summed E-state index contributed by atoms with van der Waals surface area (Å²) in [6.07, 6.45) is 3.51. The third-order valence-corrected chi connectivity index (χ3v) is 12.6. The highest BCUT2D eigenvalue weighted by Crippen LogP contribution is 2.44. The van der Waals surface area contributed by atoms with E-state index in [2.05, 4.69) is 79.5 Å². The van der Waals surface area contributed by atoms with Crippen molar-refractivity contribution in [2.24, 2.45) is 0 Å². The van der Waals surface area contributed by atoms with Gasteiger partial charge in [-0.05, 0) is 51.5 Å². The quantitative estimate of drug-likeness (QED) is 0.453. The largest absolute Gasteiger partial charge is 0.359 e. The second-order valence-corrected chi connectivity index (χ2v) is 13.5. The maximum atomic E-state index is 13.8. The lowest BCUT2D eigenvalue weighted by molar-refractivity contribution is 0.617. The van der Waals surface area contributed by atoms with Crippen molar-refractivity contribution in [1.82, 2.24) is 9.22 Å². The Morgan fingerprint density at radius 1 is 1.10 bits per heavy atom. The van der Waals surface area contributed by atoms with E-state index in [0.29, 0.717) is 20.2 Å². The predicted octanol–water partition coefficient (Wildman–Crippen LogP) is 5.80. The van der Waals surface area contributed by atoms with Crippen LogP contribution < -0.4 is 0 Å². The topological polar surface area (TPSA) is 17.8 Å². The average Bonchev–Trinajstić information content (AvgIpc) is 2.78. The number of pyridine rings is 1. The van der Waals surface area contributed by atoms with Crippen molar-refractivity contribution in [2.75, 3.05) is 0 Å². The molecule has 0 amide bonds. The Labute approximate surface area is 141 Å². The van der Waals surface area contributed by atoms with E-state index >= 15 is 0 Å². The molecule has 116 valence electrons. The molecule has 0 saturated heterocycles. The Morgan fingerprint density at radius 3 is 2.10 bits per heavy atom. The SMILES string of the molecule is CC(C)[Si](C(C)C)(C(C)C)n1ccc2c(I)c(F)cnc21. The van der Waals surface area contributed by atoms with Gasteiger partial charge in [0.2, 0.25) is 0 Å². The van der Waals surface area contributed by atoms with Crippen molar-refractivity contribution in [2.45, 2.75) is 58.2 Å². The smallest absolute Gasteiger partial charge is 0.171 e. The zero-order valence-corrected chi connectivity index (χ0v) is 16.8. The van der Waals surface area contributed by atoms with Gasteiger partial charge in [0.25, 0.3) is 0 Å². The first-order valence-electron chi connectivity index (χ1n) is 7.56. The Morgan fingerprint density at radius 2 is 1.62 bits per heavy atom. The van der Waals surface area contributed by atoms with Crippen LogP contribution in [0.4, 0.5) is 4.39 Å². The van der Waals surface area contributed by atoms with Gasteiger partial charge < -0.3 is 4.23 Å². The number of fused-ring (bicyclic) bond motifs is 1. The highest BCUT2D eigenvalue weighted by Gasteiger charge is 2.46. The minimum Gasteiger partial charge on any atom is -0.359 e. The van der Waals surface area contributed by atoms with E-state index in [1.54, 1.807) is 0 Å². The summed E-state index contributed by atoms with van der Waals surface area (Å²) < 4.78 is 16.9. The molecule has 0 spiro atoms. The summed E-state index contributed by atoms with van der Waals surface area (Å²) in [4.78, 5) is 4.43. The second kappa shape index (κ2) is 5.99. The highest BCUT2D eigenvalue weighted by atomic mass is 127. The van der Waals surface area contributed by atoms with Crippen molar-refractivity contribution in [3.05, 3.63) is 27.8 Å². The van der Waals surface area contributed by atoms with Gasteiger partial charge in [0.05, 0.1) is 9.77 Å². The van der Waals surface area contributed by atoms with Crippen molar-refractivity contribution < 1.29 is 4.39 Å². The van der Waals surface area contributed by atoms with Gasteiger partial charge >= 0.3 is 0 Å². The normalized spacial score (nSPS) is 13.1. The van der Waals surface area contributed by atoms with E-state index in [-0.39, 0.29) is 5.82 Å². The molecule has 0 fully saturated rings. The Kier molecular flexibility index (Phi) is 4.83. The van der Waals surface area contributed by atoms with Crippen LogP contribution in [-0.2, 0) is 0 Å². The van der Waals surface area contributed by atoms with E-state index in [1.807, 2.05) is 6.07 Å². The first-order chi connectivity index (χ1) is 9.74. The number of halogens is 2. The third-order valence-electron chi connectivity index (χ3n) is 4.80. The van der Waals surface area contributed by atoms with Gasteiger partial charge in [-0.2, -0.15) is 0 Å². The van der Waals surface area contributed by atoms with E-state index in [9.17, 15) is 4.39 Å². The average molecular weight is 418 g/mol. The molecule has 0 atom stereocenters. The first-order valence-corrected chi connectivity index (χ1v) is 10.8. The Bertz CT molecular complexity index is 627. The number of nitrogens with zero attached hydrogens (tertiary/aromatic N) is 2. The van der Waals surface area contributed by atoms with Crippen LogP contribution in [0, 0.1) is 9.39 Å². The van der Waals surface area contributed by atoms with Gasteiger partial charge in [-0.3, -0.25) is 0 Å². The van der Waals surface area contributed by atoms with Crippen molar-refractivity contribution >= 4 is 41.9 Å². The molecule has 5 heteroatoms. The summed E-state index contributed by atoms with van der Waals surface area (Å²) in [6.45, 7) is 14.0. The predicted molar refractivity (Wildman–Crippen MR) is 98.9 cm³/mol. The zero-order chi connectivity index (χ0) is 15.9. The van der Waals surface area contributed by atoms with Crippen LogP contribution in [0.3, 0.4) is 0 Å². The van der Waals surface area contributed by atoms with Crippen LogP contribution in [-0.4, -0.2) is 17.5 Å². The lowest BCUT2D eigenvalue weighted by atomic mass is 10.3. The first kappa shape index (κ1) is 16.9. The summed E-state index contributed by atoms with van der Waals surface area (Å²) in [5.41, 5.74) is 2.73. The number of aromatic nitrogens is 2. The fourth-order valence-corrected chi connectivity index (χ4v) is 11.3. The van der Waals surface area contributed by atoms with Crippen molar-refractivity contribution in [3.63, 3.8) is 0 Å². The maximum absolute atomic E-state index is 13.8. The van der Waals surface area contributed by atoms with E-state index in [0.717, 1.165) is 11.0 Å². The Balaban J connectivity index is 2.81. The maximum Gasteiger partial charge on any atom is 0.171 e. The molecule has 0 aliphatic carbocycles. The Hall–Kier alpha value is -0.433. The van der Waals surface area contributed by atoms with Crippen LogP contribution in [0.5, 0.6) is 0 Å². The van der Waals surface area contributed by atoms with Crippen LogP contribution in [0.25, 0.3) is 11.0 Å². The van der Waals surface area contributed by atoms with Crippen LogP contribution in [0.15, 0.2) is 18.5 Å². The molecule has 0 saturated carbocycles. The molecule has 0 aromatic carbocycles. The van der Waals surface area contributed by atoms with Crippen LogP contribution in [0.2, 0.25) is 16.6 Å². The molecule has 0 unspecified atom stereocenters. The standard InChI is InChI=1S/C16H24FIN2Si/c1-10(2)21(11(3)4,12(5)6)20-8-7-13-15(18)14(17)9-19-16(13)20/h7-12H,1-6H3. The molecule has 2 aromatic rings. The number of hydrogen-bond acceptors (Lipinski definition) is 1. The molecule has 2 nitrogen and oxygen atoms in total. The molecule has 0 aliphatic rings. The van der Waals surface area contributed by atoms with Gasteiger partial charge in [0, 0.05) is 5.39 Å². The molecule has 0 bridgehead atoms. The van der Waals surface area contributed by atoms with Gasteiger partial charge in [-0.15, -0.1) is 0 Å². The summed E-state index contributed by atoms with van der Waals surface area (Å²) in [6, 6.07) is 2.03. The molecule has 2 rings (SSSR count). The third kappa shape index (κ3) is 2.46. The van der Waals surface area contributed by atoms with E-state index < -0.39 is 8.24 Å². The number of hydrogen-bond donors (Lipinski definition) is 0. The van der Waals surface area contributed by atoms with E-state index in [1.165, 1.54) is 6.20 Å². The van der Waals surface area contributed by atoms with Gasteiger partial charge in [-0.25, -0.2) is 9.37 Å². The molecular formula is C16H24FIN2Si. The minimum atomic E-state index is -1.83. The molecule has 0 N–H and O–H groups in total. The second-order valence-electron chi connectivity index (χ2n) is 6.69. The molecule has 0 aliphatic heterocycles. The van der Waals surface area contributed by atoms with Crippen molar-refractivity contribution in [3.8, 4) is 0 Å².